The van der Waals surface area contributed by atoms with Gasteiger partial charge in [-0.3, -0.25) is 0 Å². The topological polar surface area (TPSA) is 35.0 Å². The number of hydrogen-bond acceptors (Lipinski definition) is 3. The van der Waals surface area contributed by atoms with Crippen LogP contribution in [0.4, 0.5) is 0 Å². The second-order valence-electron chi connectivity index (χ2n) is 14.1. The second-order valence-corrected chi connectivity index (χ2v) is 14.1. The van der Waals surface area contributed by atoms with E-state index in [1.54, 1.807) is 0 Å². The highest BCUT2D eigenvalue weighted by molar-refractivity contribution is 6.04. The van der Waals surface area contributed by atoms with Gasteiger partial charge in [0, 0.05) is 27.6 Å². The van der Waals surface area contributed by atoms with Gasteiger partial charge in [-0.1, -0.05) is 164 Å². The zero-order chi connectivity index (χ0) is 35.6. The zero-order valence-electron chi connectivity index (χ0n) is 29.3. The van der Waals surface area contributed by atoms with E-state index in [1.165, 1.54) is 44.3 Å². The average Bonchev–Trinajstić information content (AvgIpc) is 3.55. The molecule has 2 heterocycles. The molecule has 0 unspecified atom stereocenters. The van der Waals surface area contributed by atoms with Gasteiger partial charge in [0.25, 0.3) is 0 Å². The number of ether oxygens (including phenoxy) is 1. The van der Waals surface area contributed by atoms with Crippen LogP contribution in [0.15, 0.2) is 194 Å². The van der Waals surface area contributed by atoms with Crippen LogP contribution in [0.1, 0.15) is 22.3 Å². The number of hydrogen-bond donors (Lipinski definition) is 0. The minimum Gasteiger partial charge on any atom is -0.456 e. The molecule has 11 rings (SSSR count). The molecule has 0 saturated carbocycles. The van der Waals surface area contributed by atoms with Crippen molar-refractivity contribution in [3.63, 3.8) is 0 Å². The number of fused-ring (bicyclic) bond motifs is 5. The Balaban J connectivity index is 1.12. The molecule has 0 radical (unpaired) electrons. The number of benzene rings is 8. The summed E-state index contributed by atoms with van der Waals surface area (Å²) in [5.41, 5.74) is 13.9. The highest BCUT2D eigenvalue weighted by atomic mass is 16.5. The Morgan fingerprint density at radius 1 is 0.370 bits per heavy atom. The largest absolute Gasteiger partial charge is 0.456 e. The molecule has 0 saturated heterocycles. The normalized spacial score (nSPS) is 13.1. The van der Waals surface area contributed by atoms with Crippen molar-refractivity contribution >= 4 is 10.8 Å². The second kappa shape index (κ2) is 12.0. The van der Waals surface area contributed by atoms with E-state index >= 15 is 0 Å². The lowest BCUT2D eigenvalue weighted by molar-refractivity contribution is 0.487. The summed E-state index contributed by atoms with van der Waals surface area (Å²) in [4.78, 5) is 10.5. The predicted molar refractivity (Wildman–Crippen MR) is 219 cm³/mol. The van der Waals surface area contributed by atoms with Crippen LogP contribution in [-0.2, 0) is 5.41 Å². The van der Waals surface area contributed by atoms with Crippen molar-refractivity contribution in [3.05, 3.63) is 216 Å². The van der Waals surface area contributed by atoms with Gasteiger partial charge < -0.3 is 4.74 Å². The van der Waals surface area contributed by atoms with E-state index < -0.39 is 5.41 Å². The van der Waals surface area contributed by atoms with Gasteiger partial charge in [-0.2, -0.15) is 0 Å². The third-order valence-electron chi connectivity index (χ3n) is 11.2. The van der Waals surface area contributed by atoms with Gasteiger partial charge in [-0.25, -0.2) is 9.97 Å². The van der Waals surface area contributed by atoms with Crippen LogP contribution in [0.25, 0.3) is 66.9 Å². The predicted octanol–water partition coefficient (Wildman–Crippen LogP) is 12.8. The van der Waals surface area contributed by atoms with Crippen LogP contribution >= 0.6 is 0 Å². The molecule has 0 atom stereocenters. The first-order valence-electron chi connectivity index (χ1n) is 18.4. The minimum atomic E-state index is -0.502. The molecule has 0 N–H and O–H groups in total. The van der Waals surface area contributed by atoms with Gasteiger partial charge in [0.15, 0.2) is 5.82 Å². The molecule has 0 spiro atoms. The van der Waals surface area contributed by atoms with Crippen LogP contribution < -0.4 is 4.74 Å². The molecule has 0 amide bonds. The summed E-state index contributed by atoms with van der Waals surface area (Å²) in [5, 5.41) is 2.32. The van der Waals surface area contributed by atoms with Crippen molar-refractivity contribution in [2.24, 2.45) is 0 Å². The Bertz CT molecular complexity index is 2860. The summed E-state index contributed by atoms with van der Waals surface area (Å²) in [6.07, 6.45) is 0. The zero-order valence-corrected chi connectivity index (χ0v) is 29.3. The fourth-order valence-electron chi connectivity index (χ4n) is 8.79. The first-order valence-corrected chi connectivity index (χ1v) is 18.4. The third-order valence-corrected chi connectivity index (χ3v) is 11.2. The first kappa shape index (κ1) is 30.5. The molecule has 252 valence electrons. The summed E-state index contributed by atoms with van der Waals surface area (Å²) >= 11 is 0. The summed E-state index contributed by atoms with van der Waals surface area (Å²) in [6.45, 7) is 0. The first-order chi connectivity index (χ1) is 26.8. The van der Waals surface area contributed by atoms with Crippen LogP contribution in [0.5, 0.6) is 11.5 Å². The molecule has 8 aromatic carbocycles. The summed E-state index contributed by atoms with van der Waals surface area (Å²) < 4.78 is 6.59. The van der Waals surface area contributed by atoms with Crippen molar-refractivity contribution < 1.29 is 4.74 Å². The Hall–Kier alpha value is -7.10. The van der Waals surface area contributed by atoms with Gasteiger partial charge in [0.2, 0.25) is 0 Å². The van der Waals surface area contributed by atoms with Crippen molar-refractivity contribution in [2.75, 3.05) is 0 Å². The molecule has 0 fully saturated rings. The Morgan fingerprint density at radius 3 is 1.67 bits per heavy atom. The maximum absolute atomic E-state index is 6.59. The molecule has 3 heteroatoms. The SMILES string of the molecule is c1ccc(-c2nc(-c3ccc4c(c3)Oc3cccc5cccc-4c35)cc(-c3ccc4c(c3)C(c3ccccc3)(c3ccccc3)c3ccccc3-4)n2)cc1. The molecular weight excluding hydrogens is 657 g/mol. The van der Waals surface area contributed by atoms with Gasteiger partial charge in [-0.15, -0.1) is 0 Å². The molecule has 54 heavy (non-hydrogen) atoms. The fraction of sp³-hybridized carbons (Fsp3) is 0.0196. The van der Waals surface area contributed by atoms with Crippen molar-refractivity contribution in [2.45, 2.75) is 5.41 Å². The minimum absolute atomic E-state index is 0.502. The fourth-order valence-corrected chi connectivity index (χ4v) is 8.79. The molecular formula is C51H32N2O. The van der Waals surface area contributed by atoms with Crippen molar-refractivity contribution in [1.82, 2.24) is 9.97 Å². The Morgan fingerprint density at radius 2 is 0.944 bits per heavy atom. The highest BCUT2D eigenvalue weighted by Crippen LogP contribution is 2.57. The maximum Gasteiger partial charge on any atom is 0.160 e. The summed E-state index contributed by atoms with van der Waals surface area (Å²) in [6, 6.07) is 69.1. The van der Waals surface area contributed by atoms with E-state index in [4.69, 9.17) is 14.7 Å². The van der Waals surface area contributed by atoms with E-state index in [2.05, 4.69) is 176 Å². The van der Waals surface area contributed by atoms with E-state index in [0.29, 0.717) is 5.82 Å². The highest BCUT2D eigenvalue weighted by Gasteiger charge is 2.46. The van der Waals surface area contributed by atoms with Crippen LogP contribution in [0, 0.1) is 0 Å². The summed E-state index contributed by atoms with van der Waals surface area (Å²) in [7, 11) is 0. The molecule has 2 aliphatic rings. The monoisotopic (exact) mass is 688 g/mol. The van der Waals surface area contributed by atoms with Crippen LogP contribution in [0.3, 0.4) is 0 Å². The van der Waals surface area contributed by atoms with Gasteiger partial charge in [0.1, 0.15) is 11.5 Å². The van der Waals surface area contributed by atoms with Crippen LogP contribution in [-0.4, -0.2) is 9.97 Å². The average molecular weight is 689 g/mol. The Kier molecular flexibility index (Phi) is 6.77. The molecule has 1 aliphatic heterocycles. The standard InChI is InChI=1S/C51H32N2O/c1-4-14-34(15-5-1)50-52-45(32-46(53-50)36-27-29-41-42-23-12-16-33-17-13-25-47(49(33)42)54-48(41)31-36)35-26-28-40-39-22-10-11-24-43(39)51(44(40)30-35,37-18-6-2-7-19-37)38-20-8-3-9-21-38/h1-32H. The third kappa shape index (κ3) is 4.55. The molecule has 3 nitrogen and oxygen atoms in total. The van der Waals surface area contributed by atoms with E-state index in [1.807, 2.05) is 18.2 Å². The molecule has 1 aliphatic carbocycles. The number of rotatable bonds is 5. The van der Waals surface area contributed by atoms with Crippen molar-refractivity contribution in [3.8, 4) is 67.7 Å². The maximum atomic E-state index is 6.59. The quantitative estimate of drug-likeness (QED) is 0.181. The lowest BCUT2D eigenvalue weighted by Crippen LogP contribution is -2.28. The van der Waals surface area contributed by atoms with Crippen LogP contribution in [0.2, 0.25) is 0 Å². The lowest BCUT2D eigenvalue weighted by Gasteiger charge is -2.34. The smallest absolute Gasteiger partial charge is 0.160 e. The molecule has 9 aromatic rings. The number of nitrogens with zero attached hydrogens (tertiary/aromatic N) is 2. The van der Waals surface area contributed by atoms with Gasteiger partial charge in [-0.05, 0) is 74.7 Å². The van der Waals surface area contributed by atoms with Gasteiger partial charge in [0.05, 0.1) is 16.8 Å². The van der Waals surface area contributed by atoms with Crippen molar-refractivity contribution in [1.29, 1.82) is 0 Å². The molecule has 0 bridgehead atoms. The Labute approximate surface area is 313 Å². The summed E-state index contributed by atoms with van der Waals surface area (Å²) in [5.74, 6) is 2.38. The lowest BCUT2D eigenvalue weighted by atomic mass is 9.67. The van der Waals surface area contributed by atoms with E-state index in [-0.39, 0.29) is 0 Å². The molecule has 1 aromatic heterocycles. The van der Waals surface area contributed by atoms with E-state index in [9.17, 15) is 0 Å². The van der Waals surface area contributed by atoms with Gasteiger partial charge >= 0.3 is 0 Å². The van der Waals surface area contributed by atoms with E-state index in [0.717, 1.165) is 50.5 Å². The number of aromatic nitrogens is 2.